The van der Waals surface area contributed by atoms with E-state index in [1.54, 1.807) is 0 Å². The summed E-state index contributed by atoms with van der Waals surface area (Å²) >= 11 is 0. The predicted molar refractivity (Wildman–Crippen MR) is 196 cm³/mol. The number of rotatable bonds is 35. The molecule has 256 valence electrons. The van der Waals surface area contributed by atoms with Crippen LogP contribution in [0.1, 0.15) is 233 Å². The molecular weight excluding hydrogens is 520 g/mol. The second-order valence-electron chi connectivity index (χ2n) is 14.3. The first-order valence-corrected chi connectivity index (χ1v) is 20.5. The van der Waals surface area contributed by atoms with Crippen LogP contribution in [0.15, 0.2) is 12.4 Å². The van der Waals surface area contributed by atoms with Gasteiger partial charge in [-0.05, 0) is 25.7 Å². The van der Waals surface area contributed by atoms with Gasteiger partial charge in [0.05, 0.1) is 0 Å². The van der Waals surface area contributed by atoms with Crippen LogP contribution in [-0.4, -0.2) is 29.1 Å². The van der Waals surface area contributed by atoms with Gasteiger partial charge >= 0.3 is 0 Å². The maximum absolute atomic E-state index is 2.71. The lowest BCUT2D eigenvalue weighted by Gasteiger charge is -2.33. The average molecular weight is 603 g/mol. The molecule has 1 rings (SSSR count). The zero-order chi connectivity index (χ0) is 30.9. The molecule has 1 unspecified atom stereocenters. The van der Waals surface area contributed by atoms with Crippen molar-refractivity contribution in [2.45, 2.75) is 239 Å². The van der Waals surface area contributed by atoms with Crippen molar-refractivity contribution < 1.29 is 0 Å². The SMILES string of the molecule is CCCCCCCCCCCCCCCCCC1N(CCCCCC)C=CN1CCCCCCCCCCCCCCC. The monoisotopic (exact) mass is 603 g/mol. The summed E-state index contributed by atoms with van der Waals surface area (Å²) in [4.78, 5) is 5.41. The molecule has 2 heteroatoms. The van der Waals surface area contributed by atoms with Crippen molar-refractivity contribution >= 4 is 0 Å². The molecule has 1 atom stereocenters. The molecule has 0 saturated carbocycles. The minimum absolute atomic E-state index is 0.640. The van der Waals surface area contributed by atoms with Crippen molar-refractivity contribution in [3.63, 3.8) is 0 Å². The Bertz CT molecular complexity index is 558. The average Bonchev–Trinajstić information content (AvgIpc) is 3.40. The van der Waals surface area contributed by atoms with Crippen LogP contribution in [0.2, 0.25) is 0 Å². The molecule has 0 radical (unpaired) electrons. The van der Waals surface area contributed by atoms with Crippen LogP contribution in [0.3, 0.4) is 0 Å². The van der Waals surface area contributed by atoms with Gasteiger partial charge in [-0.3, -0.25) is 0 Å². The zero-order valence-corrected chi connectivity index (χ0v) is 30.4. The van der Waals surface area contributed by atoms with Gasteiger partial charge in [-0.25, -0.2) is 0 Å². The van der Waals surface area contributed by atoms with E-state index in [0.717, 1.165) is 0 Å². The van der Waals surface area contributed by atoms with Crippen molar-refractivity contribution in [3.8, 4) is 0 Å². The Balaban J connectivity index is 2.10. The molecule has 43 heavy (non-hydrogen) atoms. The van der Waals surface area contributed by atoms with Gasteiger partial charge < -0.3 is 9.80 Å². The van der Waals surface area contributed by atoms with Crippen molar-refractivity contribution in [1.82, 2.24) is 9.80 Å². The highest BCUT2D eigenvalue weighted by Gasteiger charge is 2.24. The van der Waals surface area contributed by atoms with Gasteiger partial charge in [0.25, 0.3) is 0 Å². The summed E-state index contributed by atoms with van der Waals surface area (Å²) in [5.74, 6) is 0. The highest BCUT2D eigenvalue weighted by molar-refractivity contribution is 4.97. The topological polar surface area (TPSA) is 6.48 Å². The first-order valence-electron chi connectivity index (χ1n) is 20.5. The van der Waals surface area contributed by atoms with Crippen LogP contribution in [0.5, 0.6) is 0 Å². The molecular formula is C41H82N2. The molecule has 0 bridgehead atoms. The Labute approximate surface area is 273 Å². The van der Waals surface area contributed by atoms with E-state index >= 15 is 0 Å². The minimum atomic E-state index is 0.640. The predicted octanol–water partition coefficient (Wildman–Crippen LogP) is 14.3. The summed E-state index contributed by atoms with van der Waals surface area (Å²) in [6, 6.07) is 0. The molecule has 0 spiro atoms. The highest BCUT2D eigenvalue weighted by atomic mass is 15.4. The molecule has 0 saturated heterocycles. The van der Waals surface area contributed by atoms with Gasteiger partial charge in [-0.2, -0.15) is 0 Å². The van der Waals surface area contributed by atoms with Crippen molar-refractivity contribution in [3.05, 3.63) is 12.4 Å². The molecule has 0 aromatic heterocycles. The van der Waals surface area contributed by atoms with E-state index in [1.807, 2.05) is 0 Å². The minimum Gasteiger partial charge on any atom is -0.356 e. The largest absolute Gasteiger partial charge is 0.356 e. The van der Waals surface area contributed by atoms with Gasteiger partial charge in [-0.15, -0.1) is 0 Å². The van der Waals surface area contributed by atoms with E-state index in [-0.39, 0.29) is 0 Å². The zero-order valence-electron chi connectivity index (χ0n) is 30.4. The van der Waals surface area contributed by atoms with Crippen LogP contribution in [0.4, 0.5) is 0 Å². The van der Waals surface area contributed by atoms with E-state index in [2.05, 4.69) is 43.0 Å². The lowest BCUT2D eigenvalue weighted by molar-refractivity contribution is 0.135. The summed E-state index contributed by atoms with van der Waals surface area (Å²) in [5, 5.41) is 0. The van der Waals surface area contributed by atoms with Gasteiger partial charge in [0.2, 0.25) is 0 Å². The molecule has 1 aliphatic rings. The Morgan fingerprint density at radius 2 is 0.535 bits per heavy atom. The molecule has 1 heterocycles. The standard InChI is InChI=1S/C41H82N2/c1-4-7-10-13-15-17-19-21-22-23-25-27-29-31-33-36-41-42(37-34-12-9-6-3)39-40-43(41)38-35-32-30-28-26-24-20-18-16-14-11-8-5-2/h39-41H,4-38H2,1-3H3. The maximum Gasteiger partial charge on any atom is 0.101 e. The Morgan fingerprint density at radius 1 is 0.302 bits per heavy atom. The molecule has 0 aromatic rings. The summed E-state index contributed by atoms with van der Waals surface area (Å²) in [6.45, 7) is 9.48. The van der Waals surface area contributed by atoms with Gasteiger partial charge in [0.1, 0.15) is 6.17 Å². The van der Waals surface area contributed by atoms with Gasteiger partial charge in [-0.1, -0.05) is 207 Å². The normalized spacial score (nSPS) is 14.9. The number of hydrogen-bond donors (Lipinski definition) is 0. The second-order valence-corrected chi connectivity index (χ2v) is 14.3. The number of nitrogens with zero attached hydrogens (tertiary/aromatic N) is 2. The van der Waals surface area contributed by atoms with E-state index in [1.165, 1.54) is 225 Å². The Kier molecular flexibility index (Phi) is 30.7. The van der Waals surface area contributed by atoms with Crippen LogP contribution in [0.25, 0.3) is 0 Å². The fourth-order valence-corrected chi connectivity index (χ4v) is 7.07. The van der Waals surface area contributed by atoms with Crippen LogP contribution < -0.4 is 0 Å². The fraction of sp³-hybridized carbons (Fsp3) is 0.951. The van der Waals surface area contributed by atoms with Crippen LogP contribution >= 0.6 is 0 Å². The quantitative estimate of drug-likeness (QED) is 0.0666. The molecule has 1 aliphatic heterocycles. The lowest BCUT2D eigenvalue weighted by atomic mass is 10.0. The molecule has 0 amide bonds. The third-order valence-corrected chi connectivity index (χ3v) is 10.1. The third-order valence-electron chi connectivity index (χ3n) is 10.1. The van der Waals surface area contributed by atoms with Crippen LogP contribution in [-0.2, 0) is 0 Å². The smallest absolute Gasteiger partial charge is 0.101 e. The van der Waals surface area contributed by atoms with E-state index in [9.17, 15) is 0 Å². The second kappa shape index (κ2) is 32.7. The van der Waals surface area contributed by atoms with Crippen molar-refractivity contribution in [2.24, 2.45) is 0 Å². The molecule has 0 fully saturated rings. The van der Waals surface area contributed by atoms with Crippen LogP contribution in [0, 0.1) is 0 Å². The fourth-order valence-electron chi connectivity index (χ4n) is 7.07. The van der Waals surface area contributed by atoms with E-state index in [0.29, 0.717) is 6.17 Å². The molecule has 0 N–H and O–H groups in total. The lowest BCUT2D eigenvalue weighted by Crippen LogP contribution is -2.39. The van der Waals surface area contributed by atoms with Gasteiger partial charge in [0.15, 0.2) is 0 Å². The molecule has 0 aromatic carbocycles. The first-order chi connectivity index (χ1) is 21.3. The van der Waals surface area contributed by atoms with Crippen molar-refractivity contribution in [1.29, 1.82) is 0 Å². The molecule has 2 nitrogen and oxygen atoms in total. The summed E-state index contributed by atoms with van der Waals surface area (Å²) in [6.07, 6.45) is 53.0. The van der Waals surface area contributed by atoms with E-state index in [4.69, 9.17) is 0 Å². The highest BCUT2D eigenvalue weighted by Crippen LogP contribution is 2.24. The summed E-state index contributed by atoms with van der Waals surface area (Å²) < 4.78 is 0. The number of hydrogen-bond acceptors (Lipinski definition) is 2. The van der Waals surface area contributed by atoms with E-state index < -0.39 is 0 Å². The first kappa shape index (κ1) is 40.4. The number of unbranched alkanes of at least 4 members (excludes halogenated alkanes) is 29. The Hall–Kier alpha value is -0.660. The van der Waals surface area contributed by atoms with Gasteiger partial charge in [0, 0.05) is 25.5 Å². The summed E-state index contributed by atoms with van der Waals surface area (Å²) in [7, 11) is 0. The Morgan fingerprint density at radius 3 is 0.837 bits per heavy atom. The molecule has 0 aliphatic carbocycles. The third kappa shape index (κ3) is 25.2. The summed E-state index contributed by atoms with van der Waals surface area (Å²) in [5.41, 5.74) is 0. The van der Waals surface area contributed by atoms with Crippen molar-refractivity contribution in [2.75, 3.05) is 13.1 Å². The maximum atomic E-state index is 2.71.